The van der Waals surface area contributed by atoms with Crippen LogP contribution in [-0.4, -0.2) is 18.0 Å². The summed E-state index contributed by atoms with van der Waals surface area (Å²) in [6, 6.07) is 6.56. The smallest absolute Gasteiger partial charge is 0.311 e. The first-order valence-electron chi connectivity index (χ1n) is 7.20. The molecule has 5 heteroatoms. The van der Waals surface area contributed by atoms with Gasteiger partial charge in [-0.05, 0) is 31.0 Å². The van der Waals surface area contributed by atoms with E-state index >= 15 is 0 Å². The van der Waals surface area contributed by atoms with Crippen LogP contribution in [0.4, 0.5) is 0 Å². The third-order valence-corrected chi connectivity index (χ3v) is 3.16. The van der Waals surface area contributed by atoms with Gasteiger partial charge in [-0.15, -0.1) is 0 Å². The van der Waals surface area contributed by atoms with Gasteiger partial charge in [0.2, 0.25) is 0 Å². The van der Waals surface area contributed by atoms with Crippen molar-refractivity contribution in [2.75, 3.05) is 0 Å². The number of ether oxygens (including phenoxy) is 2. The number of halogens is 1. The van der Waals surface area contributed by atoms with Crippen molar-refractivity contribution in [1.29, 1.82) is 0 Å². The second kappa shape index (κ2) is 9.40. The summed E-state index contributed by atoms with van der Waals surface area (Å²) in [6.07, 6.45) is 2.55. The van der Waals surface area contributed by atoms with Crippen LogP contribution in [0.5, 0.6) is 5.75 Å². The summed E-state index contributed by atoms with van der Waals surface area (Å²) in [4.78, 5) is 23.3. The van der Waals surface area contributed by atoms with E-state index in [0.717, 1.165) is 19.3 Å². The van der Waals surface area contributed by atoms with Crippen molar-refractivity contribution in [3.05, 3.63) is 29.3 Å². The Hall–Kier alpha value is -1.55. The van der Waals surface area contributed by atoms with Gasteiger partial charge in [-0.25, -0.2) is 0 Å². The Bertz CT molecular complexity index is 473. The Morgan fingerprint density at radius 2 is 1.90 bits per heavy atom. The van der Waals surface area contributed by atoms with Gasteiger partial charge in [0.1, 0.15) is 11.9 Å². The zero-order valence-electron chi connectivity index (χ0n) is 12.4. The molecule has 0 amide bonds. The van der Waals surface area contributed by atoms with Crippen LogP contribution in [0.25, 0.3) is 0 Å². The summed E-state index contributed by atoms with van der Waals surface area (Å²) in [6.45, 7) is 4.01. The lowest BCUT2D eigenvalue weighted by Crippen LogP contribution is -2.19. The summed E-state index contributed by atoms with van der Waals surface area (Å²) in [5, 5.41) is 0.491. The second-order valence-corrected chi connectivity index (χ2v) is 5.18. The molecule has 1 aromatic rings. The van der Waals surface area contributed by atoms with Gasteiger partial charge >= 0.3 is 11.9 Å². The number of carbonyl (C=O) groups is 2. The highest BCUT2D eigenvalue weighted by molar-refractivity contribution is 6.30. The molecule has 0 heterocycles. The van der Waals surface area contributed by atoms with E-state index in [4.69, 9.17) is 21.1 Å². The Kier molecular flexibility index (Phi) is 7.83. The van der Waals surface area contributed by atoms with Crippen molar-refractivity contribution in [3.8, 4) is 5.75 Å². The normalized spacial score (nSPS) is 11.8. The Morgan fingerprint density at radius 3 is 2.52 bits per heavy atom. The molecule has 116 valence electrons. The van der Waals surface area contributed by atoms with E-state index in [1.807, 2.05) is 13.8 Å². The molecule has 0 saturated carbocycles. The van der Waals surface area contributed by atoms with Crippen molar-refractivity contribution in [3.63, 3.8) is 0 Å². The van der Waals surface area contributed by atoms with E-state index in [2.05, 4.69) is 0 Å². The van der Waals surface area contributed by atoms with Crippen LogP contribution in [0, 0.1) is 0 Å². The highest BCUT2D eigenvalue weighted by Crippen LogP contribution is 2.18. The first-order valence-corrected chi connectivity index (χ1v) is 7.58. The highest BCUT2D eigenvalue weighted by Gasteiger charge is 2.14. The maximum Gasteiger partial charge on any atom is 0.311 e. The lowest BCUT2D eigenvalue weighted by atomic mass is 10.1. The van der Waals surface area contributed by atoms with Gasteiger partial charge in [0.25, 0.3) is 0 Å². The fourth-order valence-corrected chi connectivity index (χ4v) is 2.01. The minimum absolute atomic E-state index is 0.00605. The number of carbonyl (C=O) groups excluding carboxylic acids is 2. The molecular weight excluding hydrogens is 292 g/mol. The second-order valence-electron chi connectivity index (χ2n) is 4.74. The molecule has 0 aliphatic rings. The fourth-order valence-electron chi connectivity index (χ4n) is 1.83. The van der Waals surface area contributed by atoms with Gasteiger partial charge < -0.3 is 9.47 Å². The van der Waals surface area contributed by atoms with E-state index < -0.39 is 5.97 Å². The minimum Gasteiger partial charge on any atom is -0.462 e. The Morgan fingerprint density at radius 1 is 1.19 bits per heavy atom. The number of rotatable bonds is 8. The van der Waals surface area contributed by atoms with Gasteiger partial charge in [0, 0.05) is 5.02 Å². The molecule has 0 bridgehead atoms. The molecule has 1 rings (SSSR count). The van der Waals surface area contributed by atoms with Gasteiger partial charge in [-0.1, -0.05) is 37.9 Å². The zero-order valence-corrected chi connectivity index (χ0v) is 13.2. The summed E-state index contributed by atoms with van der Waals surface area (Å²) in [5.74, 6) is -0.464. The molecule has 21 heavy (non-hydrogen) atoms. The van der Waals surface area contributed by atoms with Gasteiger partial charge in [-0.3, -0.25) is 9.59 Å². The Balaban J connectivity index is 2.34. The first kappa shape index (κ1) is 17.5. The molecule has 0 saturated heterocycles. The molecule has 0 N–H and O–H groups in total. The molecule has 0 aliphatic carbocycles. The van der Waals surface area contributed by atoms with Crippen molar-refractivity contribution in [2.45, 2.75) is 52.1 Å². The van der Waals surface area contributed by atoms with Crippen LogP contribution in [-0.2, 0) is 14.3 Å². The monoisotopic (exact) mass is 312 g/mol. The standard InChI is InChI=1S/C16H21ClO4/c1-3-6-13(4-2)20-15(18)9-10-16(19)21-14-8-5-7-12(17)11-14/h5,7-8,11,13H,3-4,6,9-10H2,1-2H3. The Labute approximate surface area is 130 Å². The summed E-state index contributed by atoms with van der Waals surface area (Å²) in [5.41, 5.74) is 0. The average molecular weight is 313 g/mol. The number of esters is 2. The van der Waals surface area contributed by atoms with Gasteiger partial charge in [0.15, 0.2) is 0 Å². The zero-order chi connectivity index (χ0) is 15.7. The molecule has 0 aliphatic heterocycles. The maximum atomic E-state index is 11.6. The molecule has 1 atom stereocenters. The number of benzene rings is 1. The third kappa shape index (κ3) is 7.14. The van der Waals surface area contributed by atoms with Crippen LogP contribution in [0.15, 0.2) is 24.3 Å². The topological polar surface area (TPSA) is 52.6 Å². The lowest BCUT2D eigenvalue weighted by molar-refractivity contribution is -0.152. The molecule has 0 radical (unpaired) electrons. The number of hydrogen-bond acceptors (Lipinski definition) is 4. The van der Waals surface area contributed by atoms with Crippen LogP contribution in [0.3, 0.4) is 0 Å². The van der Waals surface area contributed by atoms with Crippen LogP contribution < -0.4 is 4.74 Å². The molecule has 1 unspecified atom stereocenters. The van der Waals surface area contributed by atoms with Gasteiger partial charge in [0.05, 0.1) is 12.8 Å². The third-order valence-electron chi connectivity index (χ3n) is 2.93. The number of hydrogen-bond donors (Lipinski definition) is 0. The predicted octanol–water partition coefficient (Wildman–Crippen LogP) is 4.15. The molecule has 1 aromatic carbocycles. The van der Waals surface area contributed by atoms with Crippen LogP contribution >= 0.6 is 11.6 Å². The molecule has 4 nitrogen and oxygen atoms in total. The van der Waals surface area contributed by atoms with E-state index in [-0.39, 0.29) is 24.9 Å². The maximum absolute atomic E-state index is 11.6. The van der Waals surface area contributed by atoms with E-state index in [1.54, 1.807) is 24.3 Å². The summed E-state index contributed by atoms with van der Waals surface area (Å²) >= 11 is 5.79. The van der Waals surface area contributed by atoms with E-state index in [1.165, 1.54) is 0 Å². The summed E-state index contributed by atoms with van der Waals surface area (Å²) < 4.78 is 10.4. The van der Waals surface area contributed by atoms with Crippen LogP contribution in [0.2, 0.25) is 5.02 Å². The first-order chi connectivity index (χ1) is 10.0. The van der Waals surface area contributed by atoms with Crippen molar-refractivity contribution in [2.24, 2.45) is 0 Å². The fraction of sp³-hybridized carbons (Fsp3) is 0.500. The molecule has 0 aromatic heterocycles. The van der Waals surface area contributed by atoms with E-state index in [9.17, 15) is 9.59 Å². The molecule has 0 spiro atoms. The summed E-state index contributed by atoms with van der Waals surface area (Å²) in [7, 11) is 0. The largest absolute Gasteiger partial charge is 0.462 e. The van der Waals surface area contributed by atoms with Crippen LogP contribution in [0.1, 0.15) is 46.0 Å². The highest BCUT2D eigenvalue weighted by atomic mass is 35.5. The van der Waals surface area contributed by atoms with Crippen molar-refractivity contribution in [1.82, 2.24) is 0 Å². The minimum atomic E-state index is -0.474. The predicted molar refractivity (Wildman–Crippen MR) is 81.4 cm³/mol. The van der Waals surface area contributed by atoms with Crippen molar-refractivity contribution >= 4 is 23.5 Å². The van der Waals surface area contributed by atoms with Gasteiger partial charge in [-0.2, -0.15) is 0 Å². The molecular formula is C16H21ClO4. The lowest BCUT2D eigenvalue weighted by Gasteiger charge is -2.14. The quantitative estimate of drug-likeness (QED) is 0.534. The molecule has 0 fully saturated rings. The van der Waals surface area contributed by atoms with E-state index in [0.29, 0.717) is 10.8 Å². The average Bonchev–Trinajstić information content (AvgIpc) is 2.44. The van der Waals surface area contributed by atoms with Crippen molar-refractivity contribution < 1.29 is 19.1 Å². The SMILES string of the molecule is CCCC(CC)OC(=O)CCC(=O)Oc1cccc(Cl)c1.